The molecule has 1 aliphatic heterocycles. The predicted molar refractivity (Wildman–Crippen MR) is 120 cm³/mol. The Balaban J connectivity index is 1.80. The summed E-state index contributed by atoms with van der Waals surface area (Å²) in [6.07, 6.45) is 0. The van der Waals surface area contributed by atoms with E-state index in [4.69, 9.17) is 23.2 Å². The number of nitrogens with zero attached hydrogens (tertiary/aromatic N) is 2. The molecular formula is C24H18Cl2N2O2. The van der Waals surface area contributed by atoms with E-state index < -0.39 is 0 Å². The second kappa shape index (κ2) is 8.34. The number of hydrogen-bond acceptors (Lipinski definition) is 3. The number of hydrogen-bond donors (Lipinski definition) is 0. The van der Waals surface area contributed by atoms with Crippen molar-refractivity contribution in [3.8, 4) is 0 Å². The highest BCUT2D eigenvalue weighted by molar-refractivity contribution is 6.37. The van der Waals surface area contributed by atoms with Gasteiger partial charge in [-0.2, -0.15) is 0 Å². The normalized spacial score (nSPS) is 13.9. The monoisotopic (exact) mass is 436 g/mol. The van der Waals surface area contributed by atoms with Crippen LogP contribution in [0.25, 0.3) is 5.57 Å². The average Bonchev–Trinajstić information content (AvgIpc) is 3.00. The highest BCUT2D eigenvalue weighted by Crippen LogP contribution is 2.35. The lowest BCUT2D eigenvalue weighted by Crippen LogP contribution is -2.33. The first-order valence-electron chi connectivity index (χ1n) is 9.36. The van der Waals surface area contributed by atoms with E-state index >= 15 is 0 Å². The van der Waals surface area contributed by atoms with Crippen molar-refractivity contribution in [1.29, 1.82) is 0 Å². The van der Waals surface area contributed by atoms with Gasteiger partial charge in [-0.15, -0.1) is 0 Å². The van der Waals surface area contributed by atoms with Gasteiger partial charge in [0.2, 0.25) is 0 Å². The van der Waals surface area contributed by atoms with Crippen LogP contribution in [0.15, 0.2) is 84.6 Å². The molecule has 3 aromatic rings. The van der Waals surface area contributed by atoms with Gasteiger partial charge in [0.25, 0.3) is 11.8 Å². The molecule has 3 aromatic carbocycles. The molecule has 4 rings (SSSR count). The zero-order valence-corrected chi connectivity index (χ0v) is 17.7. The molecule has 6 heteroatoms. The molecule has 1 heterocycles. The molecule has 0 saturated carbocycles. The fourth-order valence-corrected chi connectivity index (χ4v) is 3.79. The minimum absolute atomic E-state index is 0.0978. The Bertz CT molecular complexity index is 1140. The van der Waals surface area contributed by atoms with Gasteiger partial charge in [-0.3, -0.25) is 14.5 Å². The number of imide groups is 1. The van der Waals surface area contributed by atoms with Crippen LogP contribution in [0.5, 0.6) is 0 Å². The zero-order valence-electron chi connectivity index (χ0n) is 16.2. The number of carbonyl (C=O) groups excluding carboxylic acids is 2. The van der Waals surface area contributed by atoms with Crippen LogP contribution in [-0.4, -0.2) is 23.8 Å². The summed E-state index contributed by atoms with van der Waals surface area (Å²) in [4.78, 5) is 29.8. The van der Waals surface area contributed by atoms with Crippen LogP contribution in [0.3, 0.4) is 0 Å². The zero-order chi connectivity index (χ0) is 21.3. The Morgan fingerprint density at radius 2 is 1.43 bits per heavy atom. The third-order valence-corrected chi connectivity index (χ3v) is 5.66. The van der Waals surface area contributed by atoms with Crippen molar-refractivity contribution in [2.75, 3.05) is 11.9 Å². The fourth-order valence-electron chi connectivity index (χ4n) is 3.47. The van der Waals surface area contributed by atoms with E-state index in [-0.39, 0.29) is 18.4 Å². The quantitative estimate of drug-likeness (QED) is 0.502. The minimum atomic E-state index is -0.365. The summed E-state index contributed by atoms with van der Waals surface area (Å²) >= 11 is 12.3. The van der Waals surface area contributed by atoms with Gasteiger partial charge in [-0.25, -0.2) is 0 Å². The maximum Gasteiger partial charge on any atom is 0.278 e. The third kappa shape index (κ3) is 3.72. The number of likely N-dealkylation sites (N-methyl/N-ethyl adjacent to an activating group) is 1. The lowest BCUT2D eigenvalue weighted by atomic mass is 10.0. The van der Waals surface area contributed by atoms with Crippen molar-refractivity contribution < 1.29 is 9.59 Å². The summed E-state index contributed by atoms with van der Waals surface area (Å²) in [6, 6.07) is 23.6. The van der Waals surface area contributed by atoms with Gasteiger partial charge in [-0.1, -0.05) is 71.7 Å². The first kappa shape index (κ1) is 20.2. The van der Waals surface area contributed by atoms with Gasteiger partial charge in [0.1, 0.15) is 5.70 Å². The summed E-state index contributed by atoms with van der Waals surface area (Å²) < 4.78 is 0. The van der Waals surface area contributed by atoms with E-state index in [0.717, 1.165) is 5.69 Å². The summed E-state index contributed by atoms with van der Waals surface area (Å²) in [6.45, 7) is 0.0978. The molecule has 0 spiro atoms. The van der Waals surface area contributed by atoms with Gasteiger partial charge in [-0.05, 0) is 41.5 Å². The number of amides is 2. The molecule has 0 aliphatic carbocycles. The molecule has 0 saturated heterocycles. The van der Waals surface area contributed by atoms with Crippen LogP contribution in [0.2, 0.25) is 10.0 Å². The molecule has 0 aromatic heterocycles. The molecule has 0 fully saturated rings. The number of halogens is 2. The van der Waals surface area contributed by atoms with E-state index in [0.29, 0.717) is 32.4 Å². The second-order valence-electron chi connectivity index (χ2n) is 6.91. The van der Waals surface area contributed by atoms with Crippen LogP contribution in [-0.2, 0) is 16.1 Å². The van der Waals surface area contributed by atoms with Gasteiger partial charge >= 0.3 is 0 Å². The van der Waals surface area contributed by atoms with Crippen molar-refractivity contribution in [3.63, 3.8) is 0 Å². The van der Waals surface area contributed by atoms with Crippen molar-refractivity contribution in [1.82, 2.24) is 4.90 Å². The lowest BCUT2D eigenvalue weighted by Gasteiger charge is -2.21. The Labute approximate surface area is 184 Å². The van der Waals surface area contributed by atoms with E-state index in [9.17, 15) is 9.59 Å². The molecule has 30 heavy (non-hydrogen) atoms. The molecule has 4 nitrogen and oxygen atoms in total. The smallest absolute Gasteiger partial charge is 0.278 e. The van der Waals surface area contributed by atoms with Crippen molar-refractivity contribution in [3.05, 3.63) is 106 Å². The third-order valence-electron chi connectivity index (χ3n) is 5.04. The number of rotatable bonds is 5. The van der Waals surface area contributed by atoms with Crippen molar-refractivity contribution in [2.45, 2.75) is 6.54 Å². The summed E-state index contributed by atoms with van der Waals surface area (Å²) in [5.74, 6) is -0.726. The van der Waals surface area contributed by atoms with Gasteiger partial charge < -0.3 is 4.90 Å². The van der Waals surface area contributed by atoms with E-state index in [1.165, 1.54) is 4.90 Å². The predicted octanol–water partition coefficient (Wildman–Crippen LogP) is 5.41. The topological polar surface area (TPSA) is 40.6 Å². The Hall–Kier alpha value is -3.08. The fraction of sp³-hybridized carbons (Fsp3) is 0.0833. The maximum atomic E-state index is 13.4. The number of anilines is 1. The Morgan fingerprint density at radius 1 is 0.800 bits per heavy atom. The maximum absolute atomic E-state index is 13.4. The first-order chi connectivity index (χ1) is 14.5. The van der Waals surface area contributed by atoms with E-state index in [2.05, 4.69) is 0 Å². The first-order valence-corrected chi connectivity index (χ1v) is 10.1. The number of carbonyl (C=O) groups is 2. The van der Waals surface area contributed by atoms with Crippen LogP contribution < -0.4 is 4.90 Å². The SMILES string of the molecule is CN(C1=C(c2ccc(Cl)cc2)C(=O)N(Cc2ccccc2Cl)C1=O)c1ccccc1. The standard InChI is InChI=1S/C24H18Cl2N2O2/c1-27(19-8-3-2-4-9-19)22-21(16-11-13-18(25)14-12-16)23(29)28(24(22)30)15-17-7-5-6-10-20(17)26/h2-14H,15H2,1H3. The molecule has 1 aliphatic rings. The largest absolute Gasteiger partial charge is 0.339 e. The van der Waals surface area contributed by atoms with Crippen molar-refractivity contribution >= 4 is 46.3 Å². The highest BCUT2D eigenvalue weighted by atomic mass is 35.5. The van der Waals surface area contributed by atoms with E-state index in [1.54, 1.807) is 42.3 Å². The summed E-state index contributed by atoms with van der Waals surface area (Å²) in [5, 5.41) is 1.07. The summed E-state index contributed by atoms with van der Waals surface area (Å²) in [5.41, 5.74) is 2.81. The Morgan fingerprint density at radius 3 is 2.10 bits per heavy atom. The van der Waals surface area contributed by atoms with Gasteiger partial charge in [0, 0.05) is 22.8 Å². The highest BCUT2D eigenvalue weighted by Gasteiger charge is 2.41. The molecule has 0 bridgehead atoms. The Kier molecular flexibility index (Phi) is 5.62. The molecule has 2 amide bonds. The van der Waals surface area contributed by atoms with Crippen LogP contribution >= 0.6 is 23.2 Å². The number of benzene rings is 3. The molecule has 0 N–H and O–H groups in total. The second-order valence-corrected chi connectivity index (χ2v) is 7.76. The average molecular weight is 437 g/mol. The molecular weight excluding hydrogens is 419 g/mol. The van der Waals surface area contributed by atoms with Crippen LogP contribution in [0.4, 0.5) is 5.69 Å². The van der Waals surface area contributed by atoms with Crippen LogP contribution in [0.1, 0.15) is 11.1 Å². The molecule has 0 radical (unpaired) electrons. The number of para-hydroxylation sites is 1. The minimum Gasteiger partial charge on any atom is -0.339 e. The molecule has 0 atom stereocenters. The summed E-state index contributed by atoms with van der Waals surface area (Å²) in [7, 11) is 1.78. The lowest BCUT2D eigenvalue weighted by molar-refractivity contribution is -0.137. The van der Waals surface area contributed by atoms with E-state index in [1.807, 2.05) is 48.5 Å². The molecule has 150 valence electrons. The van der Waals surface area contributed by atoms with Crippen LogP contribution in [0, 0.1) is 0 Å². The van der Waals surface area contributed by atoms with Gasteiger partial charge in [0.05, 0.1) is 12.1 Å². The molecule has 0 unspecified atom stereocenters. The van der Waals surface area contributed by atoms with Crippen molar-refractivity contribution in [2.24, 2.45) is 0 Å². The van der Waals surface area contributed by atoms with Gasteiger partial charge in [0.15, 0.2) is 0 Å².